The maximum Gasteiger partial charge on any atom is 0.323 e. The molecule has 1 aromatic rings. The highest BCUT2D eigenvalue weighted by Gasteiger charge is 2.25. The predicted octanol–water partition coefficient (Wildman–Crippen LogP) is 1.95. The number of rotatable bonds is 5. The van der Waals surface area contributed by atoms with Gasteiger partial charge in [0.2, 0.25) is 5.88 Å². The number of carboxylic acid groups (broad SMARTS) is 1. The van der Waals surface area contributed by atoms with Gasteiger partial charge in [-0.2, -0.15) is 0 Å². The quantitative estimate of drug-likeness (QED) is 0.878. The number of nitrogens with zero attached hydrogens (tertiary/aromatic N) is 3. The van der Waals surface area contributed by atoms with Crippen molar-refractivity contribution in [2.75, 3.05) is 11.4 Å². The Morgan fingerprint density at radius 3 is 2.53 bits per heavy atom. The minimum absolute atomic E-state index is 0.00492. The summed E-state index contributed by atoms with van der Waals surface area (Å²) >= 11 is 0. The highest BCUT2D eigenvalue weighted by Crippen LogP contribution is 2.23. The largest absolute Gasteiger partial charge is 0.480 e. The number of carboxylic acids is 1. The predicted molar refractivity (Wildman–Crippen MR) is 72.5 cm³/mol. The van der Waals surface area contributed by atoms with Crippen LogP contribution >= 0.6 is 0 Å². The van der Waals surface area contributed by atoms with Crippen LogP contribution in [0, 0.1) is 0 Å². The molecular weight excluding hydrogens is 246 g/mol. The fourth-order valence-corrected chi connectivity index (χ4v) is 1.58. The van der Waals surface area contributed by atoms with Gasteiger partial charge in [-0.1, -0.05) is 0 Å². The molecule has 0 saturated carbocycles. The second kappa shape index (κ2) is 5.86. The van der Waals surface area contributed by atoms with Gasteiger partial charge in [-0.15, -0.1) is 0 Å². The van der Waals surface area contributed by atoms with Crippen molar-refractivity contribution < 1.29 is 14.6 Å². The molecule has 1 aromatic heterocycles. The fourth-order valence-electron chi connectivity index (χ4n) is 1.58. The van der Waals surface area contributed by atoms with E-state index in [4.69, 9.17) is 9.84 Å². The highest BCUT2D eigenvalue weighted by atomic mass is 16.5. The van der Waals surface area contributed by atoms with Crippen LogP contribution in [0.15, 0.2) is 12.4 Å². The summed E-state index contributed by atoms with van der Waals surface area (Å²) in [7, 11) is 0. The van der Waals surface area contributed by atoms with Crippen molar-refractivity contribution in [1.82, 2.24) is 9.97 Å². The Hall–Kier alpha value is -1.85. The first kappa shape index (κ1) is 15.2. The Labute approximate surface area is 113 Å². The fraction of sp³-hybridized carbons (Fsp3) is 0.615. The Bertz CT molecular complexity index is 441. The first-order valence-corrected chi connectivity index (χ1v) is 6.18. The molecule has 0 atom stereocenters. The average Bonchev–Trinajstić information content (AvgIpc) is 2.23. The molecule has 0 aliphatic carbocycles. The number of anilines is 1. The summed E-state index contributed by atoms with van der Waals surface area (Å²) in [4.78, 5) is 20.8. The van der Waals surface area contributed by atoms with Gasteiger partial charge in [-0.05, 0) is 34.6 Å². The summed E-state index contributed by atoms with van der Waals surface area (Å²) in [5, 5.41) is 9.01. The summed E-state index contributed by atoms with van der Waals surface area (Å²) in [6.45, 7) is 9.48. The Kier molecular flexibility index (Phi) is 4.69. The van der Waals surface area contributed by atoms with Crippen LogP contribution in [0.3, 0.4) is 0 Å². The molecule has 1 rings (SSSR count). The topological polar surface area (TPSA) is 75.5 Å². The first-order valence-electron chi connectivity index (χ1n) is 6.18. The van der Waals surface area contributed by atoms with Gasteiger partial charge in [0.1, 0.15) is 18.7 Å². The van der Waals surface area contributed by atoms with E-state index in [0.717, 1.165) is 0 Å². The molecule has 0 aliphatic rings. The molecule has 0 bridgehead atoms. The number of hydrogen-bond acceptors (Lipinski definition) is 5. The third-order valence-corrected chi connectivity index (χ3v) is 2.36. The smallest absolute Gasteiger partial charge is 0.323 e. The molecule has 0 radical (unpaired) electrons. The lowest BCUT2D eigenvalue weighted by Crippen LogP contribution is -2.45. The van der Waals surface area contributed by atoms with E-state index in [-0.39, 0.29) is 18.2 Å². The van der Waals surface area contributed by atoms with Gasteiger partial charge in [0.15, 0.2) is 0 Å². The SMILES string of the molecule is CC(C)Oc1cc(N(CC(=O)O)C(C)(C)C)ncn1. The number of aliphatic carboxylic acids is 1. The van der Waals surface area contributed by atoms with Gasteiger partial charge >= 0.3 is 5.97 Å². The van der Waals surface area contributed by atoms with Gasteiger partial charge < -0.3 is 14.7 Å². The lowest BCUT2D eigenvalue weighted by atomic mass is 10.1. The molecule has 6 heteroatoms. The number of hydrogen-bond donors (Lipinski definition) is 1. The number of aromatic nitrogens is 2. The van der Waals surface area contributed by atoms with Crippen LogP contribution in [0.4, 0.5) is 5.82 Å². The summed E-state index contributed by atoms with van der Waals surface area (Å²) in [6, 6.07) is 1.66. The number of ether oxygens (including phenoxy) is 1. The second-order valence-corrected chi connectivity index (χ2v) is 5.53. The molecular formula is C13H21N3O3. The first-order chi connectivity index (χ1) is 8.70. The summed E-state index contributed by atoms with van der Waals surface area (Å²) in [6.07, 6.45) is 1.39. The van der Waals surface area contributed by atoms with E-state index >= 15 is 0 Å². The molecule has 1 heterocycles. The van der Waals surface area contributed by atoms with E-state index in [1.54, 1.807) is 11.0 Å². The normalized spacial score (nSPS) is 11.5. The Morgan fingerprint density at radius 2 is 2.05 bits per heavy atom. The molecule has 106 valence electrons. The zero-order chi connectivity index (χ0) is 14.6. The zero-order valence-electron chi connectivity index (χ0n) is 12.0. The van der Waals surface area contributed by atoms with Gasteiger partial charge in [-0.3, -0.25) is 4.79 Å². The van der Waals surface area contributed by atoms with Crippen molar-refractivity contribution in [2.24, 2.45) is 0 Å². The van der Waals surface area contributed by atoms with Crippen molar-refractivity contribution in [3.05, 3.63) is 12.4 Å². The molecule has 0 aromatic carbocycles. The van der Waals surface area contributed by atoms with Crippen molar-refractivity contribution in [2.45, 2.75) is 46.3 Å². The molecule has 0 fully saturated rings. The van der Waals surface area contributed by atoms with Gasteiger partial charge in [-0.25, -0.2) is 9.97 Å². The standard InChI is InChI=1S/C13H21N3O3/c1-9(2)19-11-6-10(14-8-15-11)16(7-12(17)18)13(3,4)5/h6,8-9H,7H2,1-5H3,(H,17,18). The van der Waals surface area contributed by atoms with E-state index in [1.165, 1.54) is 6.33 Å². The molecule has 6 nitrogen and oxygen atoms in total. The van der Waals surface area contributed by atoms with Crippen LogP contribution in [-0.4, -0.2) is 39.2 Å². The maximum atomic E-state index is 11.0. The third-order valence-electron chi connectivity index (χ3n) is 2.36. The van der Waals surface area contributed by atoms with Crippen LogP contribution in [0.5, 0.6) is 5.88 Å². The van der Waals surface area contributed by atoms with Crippen molar-refractivity contribution in [1.29, 1.82) is 0 Å². The van der Waals surface area contributed by atoms with Crippen LogP contribution in [-0.2, 0) is 4.79 Å². The molecule has 0 amide bonds. The summed E-state index contributed by atoms with van der Waals surface area (Å²) in [5.74, 6) is 0.0834. The van der Waals surface area contributed by atoms with Crippen molar-refractivity contribution in [3.63, 3.8) is 0 Å². The van der Waals surface area contributed by atoms with E-state index < -0.39 is 5.97 Å². The van der Waals surface area contributed by atoms with E-state index in [2.05, 4.69) is 9.97 Å². The minimum Gasteiger partial charge on any atom is -0.480 e. The number of carbonyl (C=O) groups is 1. The molecule has 19 heavy (non-hydrogen) atoms. The summed E-state index contributed by atoms with van der Waals surface area (Å²) < 4.78 is 5.50. The van der Waals surface area contributed by atoms with Gasteiger partial charge in [0.25, 0.3) is 0 Å². The van der Waals surface area contributed by atoms with Crippen LogP contribution < -0.4 is 9.64 Å². The zero-order valence-corrected chi connectivity index (χ0v) is 12.0. The molecule has 0 unspecified atom stereocenters. The van der Waals surface area contributed by atoms with Crippen molar-refractivity contribution >= 4 is 11.8 Å². The molecule has 0 aliphatic heterocycles. The average molecular weight is 267 g/mol. The van der Waals surface area contributed by atoms with Crippen LogP contribution in [0.2, 0.25) is 0 Å². The maximum absolute atomic E-state index is 11.0. The summed E-state index contributed by atoms with van der Waals surface area (Å²) in [5.41, 5.74) is -0.359. The lowest BCUT2D eigenvalue weighted by Gasteiger charge is -2.35. The Morgan fingerprint density at radius 1 is 1.42 bits per heavy atom. The minimum atomic E-state index is -0.903. The third kappa shape index (κ3) is 4.73. The monoisotopic (exact) mass is 267 g/mol. The highest BCUT2D eigenvalue weighted by molar-refractivity contribution is 5.73. The lowest BCUT2D eigenvalue weighted by molar-refractivity contribution is -0.135. The Balaban J connectivity index is 3.05. The van der Waals surface area contributed by atoms with E-state index in [9.17, 15) is 4.79 Å². The molecule has 1 N–H and O–H groups in total. The van der Waals surface area contributed by atoms with Crippen LogP contribution in [0.25, 0.3) is 0 Å². The van der Waals surface area contributed by atoms with Crippen molar-refractivity contribution in [3.8, 4) is 5.88 Å². The second-order valence-electron chi connectivity index (χ2n) is 5.53. The van der Waals surface area contributed by atoms with E-state index in [1.807, 2.05) is 34.6 Å². The van der Waals surface area contributed by atoms with Crippen LogP contribution in [0.1, 0.15) is 34.6 Å². The molecule has 0 saturated heterocycles. The van der Waals surface area contributed by atoms with E-state index in [0.29, 0.717) is 11.7 Å². The van der Waals surface area contributed by atoms with Gasteiger partial charge in [0.05, 0.1) is 6.10 Å². The van der Waals surface area contributed by atoms with Gasteiger partial charge in [0, 0.05) is 11.6 Å². The molecule has 0 spiro atoms.